The molecule has 5 nitrogen and oxygen atoms in total. The van der Waals surface area contributed by atoms with Crippen LogP contribution in [0.1, 0.15) is 49.2 Å². The van der Waals surface area contributed by atoms with Gasteiger partial charge in [0.25, 0.3) is 5.91 Å². The second-order valence-corrected chi connectivity index (χ2v) is 6.83. The van der Waals surface area contributed by atoms with Crippen LogP contribution >= 0.6 is 0 Å². The second-order valence-electron chi connectivity index (χ2n) is 6.83. The van der Waals surface area contributed by atoms with Crippen molar-refractivity contribution in [3.05, 3.63) is 65.2 Å². The number of nitrogens with one attached hydrogen (secondary N) is 2. The summed E-state index contributed by atoms with van der Waals surface area (Å²) in [6.07, 6.45) is 1.55. The molecule has 0 spiro atoms. The molecule has 25 heavy (non-hydrogen) atoms. The van der Waals surface area contributed by atoms with E-state index in [9.17, 15) is 9.59 Å². The van der Waals surface area contributed by atoms with Gasteiger partial charge in [0.05, 0.1) is 6.21 Å². The summed E-state index contributed by atoms with van der Waals surface area (Å²) in [6, 6.07) is 14.7. The number of rotatable bonds is 4. The highest BCUT2D eigenvalue weighted by Gasteiger charge is 2.14. The first kappa shape index (κ1) is 18.4. The molecule has 130 valence electrons. The van der Waals surface area contributed by atoms with Crippen LogP contribution in [0.5, 0.6) is 0 Å². The van der Waals surface area contributed by atoms with Gasteiger partial charge in [-0.25, -0.2) is 5.43 Å². The molecule has 0 aliphatic heterocycles. The maximum atomic E-state index is 12.1. The Balaban J connectivity index is 1.95. The normalized spacial score (nSPS) is 11.4. The van der Waals surface area contributed by atoms with Crippen molar-refractivity contribution in [3.8, 4) is 0 Å². The average molecular weight is 337 g/mol. The van der Waals surface area contributed by atoms with Gasteiger partial charge in [-0.2, -0.15) is 5.10 Å². The Kier molecular flexibility index (Phi) is 5.70. The summed E-state index contributed by atoms with van der Waals surface area (Å²) in [7, 11) is 0. The fourth-order valence-electron chi connectivity index (χ4n) is 2.21. The van der Waals surface area contributed by atoms with Gasteiger partial charge in [0.1, 0.15) is 0 Å². The number of carbonyl (C=O) groups excluding carboxylic acids is 2. The van der Waals surface area contributed by atoms with E-state index in [1.165, 1.54) is 12.5 Å². The van der Waals surface area contributed by atoms with E-state index in [2.05, 4.69) is 36.6 Å². The first-order valence-electron chi connectivity index (χ1n) is 8.07. The Morgan fingerprint density at radius 2 is 1.56 bits per heavy atom. The number of carbonyl (C=O) groups is 2. The molecular formula is C20H23N3O2. The van der Waals surface area contributed by atoms with E-state index < -0.39 is 0 Å². The summed E-state index contributed by atoms with van der Waals surface area (Å²) in [5.74, 6) is -0.377. The van der Waals surface area contributed by atoms with Crippen LogP contribution in [0, 0.1) is 0 Å². The third-order valence-corrected chi connectivity index (χ3v) is 3.62. The van der Waals surface area contributed by atoms with Crippen molar-refractivity contribution in [2.45, 2.75) is 33.1 Å². The predicted octanol–water partition coefficient (Wildman–Crippen LogP) is 3.71. The van der Waals surface area contributed by atoms with Gasteiger partial charge in [0.15, 0.2) is 0 Å². The zero-order valence-electron chi connectivity index (χ0n) is 15.0. The van der Waals surface area contributed by atoms with Crippen molar-refractivity contribution in [1.82, 2.24) is 5.43 Å². The molecule has 2 aromatic rings. The van der Waals surface area contributed by atoms with Crippen molar-refractivity contribution < 1.29 is 9.59 Å². The summed E-state index contributed by atoms with van der Waals surface area (Å²) in [4.78, 5) is 23.1. The lowest BCUT2D eigenvalue weighted by Gasteiger charge is -2.18. The van der Waals surface area contributed by atoms with Crippen LogP contribution in [0.25, 0.3) is 0 Å². The molecule has 2 N–H and O–H groups in total. The summed E-state index contributed by atoms with van der Waals surface area (Å²) in [5, 5.41) is 6.66. The Morgan fingerprint density at radius 1 is 0.960 bits per heavy atom. The lowest BCUT2D eigenvalue weighted by atomic mass is 9.87. The zero-order chi connectivity index (χ0) is 18.4. The van der Waals surface area contributed by atoms with Crippen molar-refractivity contribution in [2.75, 3.05) is 5.32 Å². The zero-order valence-corrected chi connectivity index (χ0v) is 15.0. The molecule has 0 radical (unpaired) electrons. The van der Waals surface area contributed by atoms with Crippen LogP contribution < -0.4 is 10.7 Å². The first-order chi connectivity index (χ1) is 11.8. The molecule has 0 atom stereocenters. The van der Waals surface area contributed by atoms with E-state index in [0.29, 0.717) is 11.3 Å². The molecule has 0 saturated carbocycles. The highest BCUT2D eigenvalue weighted by atomic mass is 16.2. The van der Waals surface area contributed by atoms with Gasteiger partial charge in [-0.1, -0.05) is 45.0 Å². The SMILES string of the molecule is CC(=O)Nc1ccc(C=NNC(=O)c2ccc(C(C)(C)C)cc2)cc1. The maximum absolute atomic E-state index is 12.1. The predicted molar refractivity (Wildman–Crippen MR) is 101 cm³/mol. The highest BCUT2D eigenvalue weighted by Crippen LogP contribution is 2.22. The number of amides is 2. The van der Waals surface area contributed by atoms with Gasteiger partial charge < -0.3 is 5.32 Å². The molecule has 5 heteroatoms. The van der Waals surface area contributed by atoms with Gasteiger partial charge >= 0.3 is 0 Å². The molecule has 0 unspecified atom stereocenters. The van der Waals surface area contributed by atoms with Crippen molar-refractivity contribution >= 4 is 23.7 Å². The molecule has 0 aliphatic carbocycles. The quantitative estimate of drug-likeness (QED) is 0.659. The lowest BCUT2D eigenvalue weighted by Crippen LogP contribution is -2.18. The van der Waals surface area contributed by atoms with E-state index in [0.717, 1.165) is 5.56 Å². The number of nitrogens with zero attached hydrogens (tertiary/aromatic N) is 1. The van der Waals surface area contributed by atoms with Crippen LogP contribution in [0.2, 0.25) is 0 Å². The van der Waals surface area contributed by atoms with Gasteiger partial charge in [0, 0.05) is 18.2 Å². The maximum Gasteiger partial charge on any atom is 0.271 e. The van der Waals surface area contributed by atoms with E-state index in [4.69, 9.17) is 0 Å². The molecule has 0 saturated heterocycles. The van der Waals surface area contributed by atoms with Gasteiger partial charge in [-0.05, 0) is 40.8 Å². The van der Waals surface area contributed by atoms with Crippen LogP contribution in [-0.2, 0) is 10.2 Å². The van der Waals surface area contributed by atoms with E-state index in [1.807, 2.05) is 12.1 Å². The molecule has 2 rings (SSSR count). The second kappa shape index (κ2) is 7.75. The van der Waals surface area contributed by atoms with E-state index in [1.54, 1.807) is 42.6 Å². The number of anilines is 1. The molecule has 0 fully saturated rings. The number of hydrogen-bond donors (Lipinski definition) is 2. The fourth-order valence-corrected chi connectivity index (χ4v) is 2.21. The highest BCUT2D eigenvalue weighted by molar-refractivity contribution is 5.95. The minimum Gasteiger partial charge on any atom is -0.326 e. The minimum absolute atomic E-state index is 0.0522. The topological polar surface area (TPSA) is 70.6 Å². The molecule has 0 heterocycles. The van der Waals surface area contributed by atoms with Crippen molar-refractivity contribution in [1.29, 1.82) is 0 Å². The third-order valence-electron chi connectivity index (χ3n) is 3.62. The summed E-state index contributed by atoms with van der Waals surface area (Å²) >= 11 is 0. The molecule has 0 aromatic heterocycles. The van der Waals surface area contributed by atoms with Crippen LogP contribution in [0.4, 0.5) is 5.69 Å². The van der Waals surface area contributed by atoms with Gasteiger partial charge in [-0.3, -0.25) is 9.59 Å². The first-order valence-corrected chi connectivity index (χ1v) is 8.07. The number of hydrazone groups is 1. The largest absolute Gasteiger partial charge is 0.326 e. The monoisotopic (exact) mass is 337 g/mol. The van der Waals surface area contributed by atoms with Crippen molar-refractivity contribution in [3.63, 3.8) is 0 Å². The van der Waals surface area contributed by atoms with E-state index >= 15 is 0 Å². The molecule has 2 aromatic carbocycles. The Bertz CT molecular complexity index is 770. The molecule has 0 aliphatic rings. The van der Waals surface area contributed by atoms with Crippen LogP contribution in [0.15, 0.2) is 53.6 Å². The molecule has 2 amide bonds. The summed E-state index contributed by atoms with van der Waals surface area (Å²) < 4.78 is 0. The molecule has 0 bridgehead atoms. The number of hydrogen-bond acceptors (Lipinski definition) is 3. The smallest absolute Gasteiger partial charge is 0.271 e. The average Bonchev–Trinajstić information content (AvgIpc) is 2.55. The Hall–Kier alpha value is -2.95. The third kappa shape index (κ3) is 5.57. The fraction of sp³-hybridized carbons (Fsp3) is 0.250. The van der Waals surface area contributed by atoms with E-state index in [-0.39, 0.29) is 17.2 Å². The minimum atomic E-state index is -0.258. The molecular weight excluding hydrogens is 314 g/mol. The lowest BCUT2D eigenvalue weighted by molar-refractivity contribution is -0.114. The Labute approximate surface area is 148 Å². The summed E-state index contributed by atoms with van der Waals surface area (Å²) in [5.41, 5.74) is 5.83. The van der Waals surface area contributed by atoms with Gasteiger partial charge in [-0.15, -0.1) is 0 Å². The van der Waals surface area contributed by atoms with Crippen LogP contribution in [0.3, 0.4) is 0 Å². The van der Waals surface area contributed by atoms with Gasteiger partial charge in [0.2, 0.25) is 5.91 Å². The number of benzene rings is 2. The van der Waals surface area contributed by atoms with Crippen LogP contribution in [-0.4, -0.2) is 18.0 Å². The standard InChI is InChI=1S/C20H23N3O2/c1-14(24)22-18-11-5-15(6-12-18)13-21-23-19(25)16-7-9-17(10-8-16)20(2,3)4/h5-13H,1-4H3,(H,22,24)(H,23,25). The summed E-state index contributed by atoms with van der Waals surface area (Å²) in [6.45, 7) is 7.84. The Morgan fingerprint density at radius 3 is 2.08 bits per heavy atom. The van der Waals surface area contributed by atoms with Crippen molar-refractivity contribution in [2.24, 2.45) is 5.10 Å².